The van der Waals surface area contributed by atoms with Crippen LogP contribution in [-0.4, -0.2) is 31.4 Å². The second-order valence-electron chi connectivity index (χ2n) is 6.38. The van der Waals surface area contributed by atoms with Gasteiger partial charge in [-0.25, -0.2) is 4.79 Å². The molecular weight excluding hydrogens is 320 g/mol. The Bertz CT molecular complexity index is 618. The molecule has 0 fully saturated rings. The molecule has 1 N–H and O–H groups in total. The largest absolute Gasteiger partial charge is 0.460 e. The zero-order valence-corrected chi connectivity index (χ0v) is 15.2. The van der Waals surface area contributed by atoms with Gasteiger partial charge in [0.1, 0.15) is 11.7 Å². The Balaban J connectivity index is 2.79. The third-order valence-electron chi connectivity index (χ3n) is 3.13. The molecule has 0 saturated heterocycles. The lowest BCUT2D eigenvalue weighted by Gasteiger charge is -2.20. The van der Waals surface area contributed by atoms with E-state index in [4.69, 9.17) is 9.47 Å². The summed E-state index contributed by atoms with van der Waals surface area (Å²) in [4.78, 5) is 26.8. The van der Waals surface area contributed by atoms with Crippen LogP contribution in [0.1, 0.15) is 55.6 Å². The number of aliphatic imine (C=N–C) groups is 1. The van der Waals surface area contributed by atoms with Crippen molar-refractivity contribution in [1.82, 2.24) is 5.32 Å². The van der Waals surface area contributed by atoms with Crippen molar-refractivity contribution < 1.29 is 19.1 Å². The van der Waals surface area contributed by atoms with E-state index in [1.165, 1.54) is 0 Å². The van der Waals surface area contributed by atoms with Gasteiger partial charge >= 0.3 is 5.97 Å². The molecule has 6 heteroatoms. The van der Waals surface area contributed by atoms with Crippen molar-refractivity contribution in [2.75, 3.05) is 7.05 Å². The molecule has 1 rings (SSSR count). The fourth-order valence-electron chi connectivity index (χ4n) is 2.10. The Morgan fingerprint density at radius 2 is 2.12 bits per heavy atom. The number of esters is 1. The molecule has 0 saturated carbocycles. The van der Waals surface area contributed by atoms with E-state index in [2.05, 4.69) is 10.3 Å². The molecular formula is C19H26N2O4. The smallest absolute Gasteiger partial charge is 0.338 e. The van der Waals surface area contributed by atoms with E-state index in [-0.39, 0.29) is 0 Å². The van der Waals surface area contributed by atoms with Crippen molar-refractivity contribution in [2.24, 2.45) is 4.99 Å². The number of nitrogens with zero attached hydrogens (tertiary/aromatic N) is 1. The minimum Gasteiger partial charge on any atom is -0.460 e. The molecule has 1 atom stereocenters. The van der Waals surface area contributed by atoms with E-state index >= 15 is 0 Å². The third kappa shape index (κ3) is 8.15. The van der Waals surface area contributed by atoms with Crippen LogP contribution in [0.15, 0.2) is 41.5 Å². The maximum absolute atomic E-state index is 12.2. The first kappa shape index (κ1) is 20.4. The number of benzene rings is 1. The topological polar surface area (TPSA) is 77.0 Å². The molecule has 0 aliphatic carbocycles. The van der Waals surface area contributed by atoms with Gasteiger partial charge in [-0.1, -0.05) is 18.2 Å². The van der Waals surface area contributed by atoms with Crippen LogP contribution in [0.3, 0.4) is 0 Å². The van der Waals surface area contributed by atoms with Crippen LogP contribution in [0.25, 0.3) is 0 Å². The van der Waals surface area contributed by atoms with Crippen molar-refractivity contribution in [3.63, 3.8) is 0 Å². The van der Waals surface area contributed by atoms with Gasteiger partial charge in [0.2, 0.25) is 0 Å². The fraction of sp³-hybridized carbons (Fsp3) is 0.421. The molecule has 25 heavy (non-hydrogen) atoms. The highest BCUT2D eigenvalue weighted by molar-refractivity contribution is 5.89. The summed E-state index contributed by atoms with van der Waals surface area (Å²) in [6.45, 7) is 5.88. The first-order chi connectivity index (χ1) is 11.9. The summed E-state index contributed by atoms with van der Waals surface area (Å²) >= 11 is 0. The summed E-state index contributed by atoms with van der Waals surface area (Å²) in [5, 5.41) is 2.88. The van der Waals surface area contributed by atoms with E-state index in [1.54, 1.807) is 37.8 Å². The van der Waals surface area contributed by atoms with E-state index in [1.807, 2.05) is 32.9 Å². The van der Waals surface area contributed by atoms with Crippen LogP contribution in [0, 0.1) is 0 Å². The molecule has 0 aliphatic rings. The monoisotopic (exact) mass is 346 g/mol. The molecule has 1 unspecified atom stereocenters. The minimum absolute atomic E-state index is 0.401. The van der Waals surface area contributed by atoms with Gasteiger partial charge in [0, 0.05) is 7.05 Å². The Hall–Kier alpha value is -2.63. The number of allylic oxidation sites excluding steroid dienone is 1. The van der Waals surface area contributed by atoms with Crippen molar-refractivity contribution in [2.45, 2.75) is 45.3 Å². The lowest BCUT2D eigenvalue weighted by molar-refractivity contribution is -0.134. The highest BCUT2D eigenvalue weighted by Gasteiger charge is 2.19. The Morgan fingerprint density at radius 3 is 2.76 bits per heavy atom. The second kappa shape index (κ2) is 10.3. The molecule has 0 bridgehead atoms. The van der Waals surface area contributed by atoms with Gasteiger partial charge in [-0.15, -0.1) is 0 Å². The predicted octanol–water partition coefficient (Wildman–Crippen LogP) is 3.40. The van der Waals surface area contributed by atoms with E-state index in [9.17, 15) is 9.59 Å². The summed E-state index contributed by atoms with van der Waals surface area (Å²) < 4.78 is 10.6. The molecule has 0 aliphatic heterocycles. The zero-order valence-electron chi connectivity index (χ0n) is 15.2. The van der Waals surface area contributed by atoms with Crippen LogP contribution in [-0.2, 0) is 14.3 Å². The average molecular weight is 346 g/mol. The number of nitrogens with one attached hydrogen (secondary N) is 1. The molecule has 0 spiro atoms. The molecule has 6 nitrogen and oxygen atoms in total. The summed E-state index contributed by atoms with van der Waals surface area (Å²) in [6.07, 6.45) is 6.12. The number of hydrogen-bond acceptors (Lipinski definition) is 5. The first-order valence-corrected chi connectivity index (χ1v) is 8.11. The van der Waals surface area contributed by atoms with Crippen LogP contribution >= 0.6 is 0 Å². The third-order valence-corrected chi connectivity index (χ3v) is 3.13. The second-order valence-corrected chi connectivity index (χ2v) is 6.38. The van der Waals surface area contributed by atoms with Gasteiger partial charge in [0.25, 0.3) is 6.47 Å². The average Bonchev–Trinajstić information content (AvgIpc) is 2.55. The highest BCUT2D eigenvalue weighted by Crippen LogP contribution is 2.24. The highest BCUT2D eigenvalue weighted by atomic mass is 16.6. The number of ether oxygens (including phenoxy) is 2. The standard InChI is InChI=1S/C19H26N2O4/c1-19(2,3)25-18(23)16-9-7-8-15(12-16)17(24-14-22)10-5-6-11-21-13-20-4/h6-9,11-14,17H,5,10H2,1-4H3,(H,20,21)/b11-6-. The molecule has 0 amide bonds. The number of carbonyl (C=O) groups excluding carboxylic acids is 2. The van der Waals surface area contributed by atoms with Crippen LogP contribution in [0.2, 0.25) is 0 Å². The van der Waals surface area contributed by atoms with Crippen molar-refractivity contribution in [3.05, 3.63) is 47.7 Å². The molecule has 0 aromatic heterocycles. The van der Waals surface area contributed by atoms with Gasteiger partial charge < -0.3 is 14.8 Å². The van der Waals surface area contributed by atoms with E-state index < -0.39 is 17.7 Å². The molecule has 0 heterocycles. The maximum Gasteiger partial charge on any atom is 0.338 e. The van der Waals surface area contributed by atoms with E-state index in [0.717, 1.165) is 5.56 Å². The lowest BCUT2D eigenvalue weighted by Crippen LogP contribution is -2.24. The predicted molar refractivity (Wildman–Crippen MR) is 97.4 cm³/mol. The minimum atomic E-state index is -0.564. The van der Waals surface area contributed by atoms with Gasteiger partial charge in [0.15, 0.2) is 0 Å². The van der Waals surface area contributed by atoms with Gasteiger partial charge in [-0.3, -0.25) is 9.79 Å². The number of hydrogen-bond donors (Lipinski definition) is 1. The van der Waals surface area contributed by atoms with Crippen LogP contribution < -0.4 is 5.32 Å². The summed E-state index contributed by atoms with van der Waals surface area (Å²) in [6, 6.07) is 6.97. The fourth-order valence-corrected chi connectivity index (χ4v) is 2.10. The summed E-state index contributed by atoms with van der Waals surface area (Å²) in [5.41, 5.74) is 0.626. The molecule has 1 aromatic rings. The van der Waals surface area contributed by atoms with Gasteiger partial charge in [-0.2, -0.15) is 0 Å². The SMILES string of the molecule is CN=CN/C=C\CCC(OC=O)c1cccc(C(=O)OC(C)(C)C)c1. The number of carbonyl (C=O) groups is 2. The van der Waals surface area contributed by atoms with Gasteiger partial charge in [-0.05, 0) is 57.5 Å². The quantitative estimate of drug-likeness (QED) is 0.321. The van der Waals surface area contributed by atoms with Crippen LogP contribution in [0.5, 0.6) is 0 Å². The Kier molecular flexibility index (Phi) is 8.39. The maximum atomic E-state index is 12.2. The lowest BCUT2D eigenvalue weighted by atomic mass is 10.0. The van der Waals surface area contributed by atoms with Crippen molar-refractivity contribution >= 4 is 18.8 Å². The molecule has 136 valence electrons. The molecule has 0 radical (unpaired) electrons. The first-order valence-electron chi connectivity index (χ1n) is 8.11. The molecule has 1 aromatic carbocycles. The summed E-state index contributed by atoms with van der Waals surface area (Å²) in [7, 11) is 1.67. The van der Waals surface area contributed by atoms with Gasteiger partial charge in [0.05, 0.1) is 11.9 Å². The van der Waals surface area contributed by atoms with Crippen LogP contribution in [0.4, 0.5) is 0 Å². The normalized spacial score (nSPS) is 13.0. The Morgan fingerprint density at radius 1 is 1.36 bits per heavy atom. The zero-order chi connectivity index (χ0) is 18.7. The van der Waals surface area contributed by atoms with E-state index in [0.29, 0.717) is 24.9 Å². The number of rotatable bonds is 9. The Labute approximate surface area is 148 Å². The summed E-state index contributed by atoms with van der Waals surface area (Å²) in [5.74, 6) is -0.401. The van der Waals surface area contributed by atoms with Crippen molar-refractivity contribution in [3.8, 4) is 0 Å². The van der Waals surface area contributed by atoms with Crippen molar-refractivity contribution in [1.29, 1.82) is 0 Å².